The Morgan fingerprint density at radius 1 is 1.53 bits per heavy atom. The number of nitrogens with zero attached hydrogens (tertiary/aromatic N) is 1. The van der Waals surface area contributed by atoms with Crippen LogP contribution in [0.1, 0.15) is 11.1 Å². The Hall–Kier alpha value is -0.800. The summed E-state index contributed by atoms with van der Waals surface area (Å²) in [5, 5.41) is 0.0598. The van der Waals surface area contributed by atoms with Crippen molar-refractivity contribution in [1.29, 1.82) is 0 Å². The van der Waals surface area contributed by atoms with Gasteiger partial charge in [-0.2, -0.15) is 0 Å². The molecule has 0 aromatic heterocycles. The molecule has 0 radical (unpaired) electrons. The van der Waals surface area contributed by atoms with E-state index in [1.165, 1.54) is 11.1 Å². The van der Waals surface area contributed by atoms with E-state index in [1.54, 1.807) is 11.8 Å². The van der Waals surface area contributed by atoms with Crippen molar-refractivity contribution in [2.24, 2.45) is 0 Å². The lowest BCUT2D eigenvalue weighted by atomic mass is 10.1. The van der Waals surface area contributed by atoms with Gasteiger partial charge < -0.3 is 4.79 Å². The number of aryl methyl sites for hydroxylation is 1. The molecule has 1 aliphatic heterocycles. The van der Waals surface area contributed by atoms with Crippen LogP contribution < -0.4 is 0 Å². The molecule has 1 fully saturated rings. The van der Waals surface area contributed by atoms with E-state index in [0.717, 1.165) is 25.1 Å². The second-order valence-electron chi connectivity index (χ2n) is 3.79. The van der Waals surface area contributed by atoms with Crippen LogP contribution in [0, 0.1) is 6.92 Å². The summed E-state index contributed by atoms with van der Waals surface area (Å²) in [6.45, 7) is 4.03. The molecule has 2 rings (SSSR count). The molecule has 0 spiro atoms. The lowest BCUT2D eigenvalue weighted by Gasteiger charge is -2.19. The third-order valence-corrected chi connectivity index (χ3v) is 3.95. The van der Waals surface area contributed by atoms with Crippen LogP contribution in [0.4, 0.5) is 0 Å². The molecule has 1 atom stereocenters. The Kier molecular flexibility index (Phi) is 3.44. The number of hydrogen-bond acceptors (Lipinski definition) is 3. The van der Waals surface area contributed by atoms with Crippen LogP contribution >= 0.6 is 11.8 Å². The SMILES string of the molecule is Cc1ccccc1CN1CCSC1C=O. The van der Waals surface area contributed by atoms with Crippen molar-refractivity contribution in [3.05, 3.63) is 35.4 Å². The Morgan fingerprint density at radius 3 is 3.07 bits per heavy atom. The highest BCUT2D eigenvalue weighted by molar-refractivity contribution is 8.00. The summed E-state index contributed by atoms with van der Waals surface area (Å²) in [5.41, 5.74) is 2.63. The Labute approximate surface area is 94.7 Å². The van der Waals surface area contributed by atoms with Crippen LogP contribution in [0.15, 0.2) is 24.3 Å². The van der Waals surface area contributed by atoms with Crippen molar-refractivity contribution >= 4 is 18.0 Å². The molecule has 15 heavy (non-hydrogen) atoms. The largest absolute Gasteiger partial charge is 0.301 e. The minimum Gasteiger partial charge on any atom is -0.301 e. The first-order valence-electron chi connectivity index (χ1n) is 5.16. The van der Waals surface area contributed by atoms with E-state index >= 15 is 0 Å². The van der Waals surface area contributed by atoms with Crippen LogP contribution in [0.2, 0.25) is 0 Å². The summed E-state index contributed by atoms with van der Waals surface area (Å²) < 4.78 is 0. The zero-order chi connectivity index (χ0) is 10.7. The molecule has 0 amide bonds. The first-order chi connectivity index (χ1) is 7.31. The predicted octanol–water partition coefficient (Wildman–Crippen LogP) is 2.07. The maximum atomic E-state index is 10.8. The lowest BCUT2D eigenvalue weighted by molar-refractivity contribution is -0.109. The molecule has 1 unspecified atom stereocenters. The summed E-state index contributed by atoms with van der Waals surface area (Å²) in [5.74, 6) is 1.06. The van der Waals surface area contributed by atoms with Gasteiger partial charge in [-0.3, -0.25) is 4.90 Å². The predicted molar refractivity (Wildman–Crippen MR) is 63.9 cm³/mol. The average Bonchev–Trinajstić information content (AvgIpc) is 2.69. The zero-order valence-corrected chi connectivity index (χ0v) is 9.67. The van der Waals surface area contributed by atoms with Crippen LogP contribution in [-0.4, -0.2) is 28.9 Å². The van der Waals surface area contributed by atoms with Crippen molar-refractivity contribution in [2.75, 3.05) is 12.3 Å². The molecule has 0 N–H and O–H groups in total. The quantitative estimate of drug-likeness (QED) is 0.729. The number of thioether (sulfide) groups is 1. The van der Waals surface area contributed by atoms with Crippen molar-refractivity contribution in [3.63, 3.8) is 0 Å². The molecule has 0 saturated carbocycles. The Balaban J connectivity index is 2.08. The molecule has 1 saturated heterocycles. The van der Waals surface area contributed by atoms with Gasteiger partial charge in [-0.1, -0.05) is 24.3 Å². The van der Waals surface area contributed by atoms with E-state index in [2.05, 4.69) is 36.1 Å². The van der Waals surface area contributed by atoms with E-state index in [4.69, 9.17) is 0 Å². The molecular weight excluding hydrogens is 206 g/mol. The maximum Gasteiger partial charge on any atom is 0.147 e. The number of rotatable bonds is 3. The van der Waals surface area contributed by atoms with Gasteiger partial charge in [0, 0.05) is 18.8 Å². The highest BCUT2D eigenvalue weighted by Crippen LogP contribution is 2.24. The molecule has 2 nitrogen and oxygen atoms in total. The smallest absolute Gasteiger partial charge is 0.147 e. The molecule has 0 aliphatic carbocycles. The fraction of sp³-hybridized carbons (Fsp3) is 0.417. The summed E-state index contributed by atoms with van der Waals surface area (Å²) in [6, 6.07) is 8.37. The van der Waals surface area contributed by atoms with Gasteiger partial charge in [0.05, 0.1) is 0 Å². The standard InChI is InChI=1S/C12H15NOS/c1-10-4-2-3-5-11(10)8-13-6-7-15-12(13)9-14/h2-5,9,12H,6-8H2,1H3. The topological polar surface area (TPSA) is 20.3 Å². The summed E-state index contributed by atoms with van der Waals surface area (Å²) in [4.78, 5) is 13.1. The van der Waals surface area contributed by atoms with Gasteiger partial charge in [0.25, 0.3) is 0 Å². The van der Waals surface area contributed by atoms with E-state index in [0.29, 0.717) is 0 Å². The third kappa shape index (κ3) is 2.41. The summed E-state index contributed by atoms with van der Waals surface area (Å²) >= 11 is 1.73. The van der Waals surface area contributed by atoms with Crippen molar-refractivity contribution in [3.8, 4) is 0 Å². The second kappa shape index (κ2) is 4.81. The van der Waals surface area contributed by atoms with Gasteiger partial charge in [-0.05, 0) is 18.1 Å². The first kappa shape index (κ1) is 10.7. The van der Waals surface area contributed by atoms with Crippen molar-refractivity contribution in [1.82, 2.24) is 4.90 Å². The first-order valence-corrected chi connectivity index (χ1v) is 6.21. The molecular formula is C12H15NOS. The number of benzene rings is 1. The van der Waals surface area contributed by atoms with E-state index in [1.807, 2.05) is 0 Å². The fourth-order valence-electron chi connectivity index (χ4n) is 1.82. The van der Waals surface area contributed by atoms with E-state index in [9.17, 15) is 4.79 Å². The molecule has 1 aliphatic rings. The number of aldehydes is 1. The van der Waals surface area contributed by atoms with Gasteiger partial charge in [-0.25, -0.2) is 0 Å². The maximum absolute atomic E-state index is 10.8. The van der Waals surface area contributed by atoms with Crippen LogP contribution in [0.3, 0.4) is 0 Å². The monoisotopic (exact) mass is 221 g/mol. The molecule has 3 heteroatoms. The van der Waals surface area contributed by atoms with Gasteiger partial charge in [0.15, 0.2) is 0 Å². The van der Waals surface area contributed by atoms with Gasteiger partial charge in [-0.15, -0.1) is 11.8 Å². The van der Waals surface area contributed by atoms with Crippen molar-refractivity contribution < 1.29 is 4.79 Å². The number of hydrogen-bond donors (Lipinski definition) is 0. The lowest BCUT2D eigenvalue weighted by Crippen LogP contribution is -2.29. The van der Waals surface area contributed by atoms with Gasteiger partial charge in [0.2, 0.25) is 0 Å². The zero-order valence-electron chi connectivity index (χ0n) is 8.85. The fourth-order valence-corrected chi connectivity index (χ4v) is 2.87. The Morgan fingerprint density at radius 2 is 2.33 bits per heavy atom. The minimum atomic E-state index is 0.0598. The van der Waals surface area contributed by atoms with E-state index in [-0.39, 0.29) is 5.37 Å². The molecule has 80 valence electrons. The Bertz CT molecular complexity index is 353. The van der Waals surface area contributed by atoms with Crippen LogP contribution in [-0.2, 0) is 11.3 Å². The van der Waals surface area contributed by atoms with Crippen LogP contribution in [0.25, 0.3) is 0 Å². The molecule has 0 bridgehead atoms. The third-order valence-electron chi connectivity index (χ3n) is 2.78. The normalized spacial score (nSPS) is 21.8. The number of carbonyl (C=O) groups excluding carboxylic acids is 1. The number of carbonyl (C=O) groups is 1. The van der Waals surface area contributed by atoms with E-state index < -0.39 is 0 Å². The van der Waals surface area contributed by atoms with Gasteiger partial charge >= 0.3 is 0 Å². The minimum absolute atomic E-state index is 0.0598. The second-order valence-corrected chi connectivity index (χ2v) is 5.02. The molecule has 1 heterocycles. The highest BCUT2D eigenvalue weighted by Gasteiger charge is 2.24. The summed E-state index contributed by atoms with van der Waals surface area (Å²) in [6.07, 6.45) is 1.05. The average molecular weight is 221 g/mol. The van der Waals surface area contributed by atoms with Crippen molar-refractivity contribution in [2.45, 2.75) is 18.8 Å². The summed E-state index contributed by atoms with van der Waals surface area (Å²) in [7, 11) is 0. The molecule has 1 aromatic carbocycles. The molecule has 1 aromatic rings. The van der Waals surface area contributed by atoms with Crippen LogP contribution in [0.5, 0.6) is 0 Å². The highest BCUT2D eigenvalue weighted by atomic mass is 32.2. The van der Waals surface area contributed by atoms with Gasteiger partial charge in [0.1, 0.15) is 11.7 Å².